The molecule has 0 saturated heterocycles. The molecule has 0 unspecified atom stereocenters. The Bertz CT molecular complexity index is 554. The van der Waals surface area contributed by atoms with Gasteiger partial charge in [0.25, 0.3) is 0 Å². The van der Waals surface area contributed by atoms with Gasteiger partial charge in [0, 0.05) is 28.9 Å². The number of hydrogen-bond acceptors (Lipinski definition) is 5. The smallest absolute Gasteiger partial charge is 0.224 e. The number of aromatic nitrogens is 2. The standard InChI is InChI=1S/C15H20N4S/c1-4-9-16-15-17-11(2)10-14(19-15)18-12-5-7-13(20-3)8-6-12/h5-8,10H,4,9H2,1-3H3,(H2,16,17,18,19). The van der Waals surface area contributed by atoms with Crippen molar-refractivity contribution in [2.75, 3.05) is 23.4 Å². The summed E-state index contributed by atoms with van der Waals surface area (Å²) in [5.74, 6) is 1.49. The van der Waals surface area contributed by atoms with E-state index in [1.54, 1.807) is 11.8 Å². The number of rotatable bonds is 6. The van der Waals surface area contributed by atoms with Gasteiger partial charge in [0.2, 0.25) is 5.95 Å². The highest BCUT2D eigenvalue weighted by Gasteiger charge is 2.02. The van der Waals surface area contributed by atoms with Crippen LogP contribution in [0.5, 0.6) is 0 Å². The topological polar surface area (TPSA) is 49.8 Å². The van der Waals surface area contributed by atoms with Gasteiger partial charge in [-0.15, -0.1) is 11.8 Å². The molecule has 0 amide bonds. The van der Waals surface area contributed by atoms with Gasteiger partial charge in [0.1, 0.15) is 5.82 Å². The van der Waals surface area contributed by atoms with Crippen LogP contribution in [0.4, 0.5) is 17.5 Å². The highest BCUT2D eigenvalue weighted by molar-refractivity contribution is 7.98. The van der Waals surface area contributed by atoms with Gasteiger partial charge in [-0.2, -0.15) is 4.98 Å². The van der Waals surface area contributed by atoms with Crippen molar-refractivity contribution < 1.29 is 0 Å². The minimum absolute atomic E-state index is 0.676. The van der Waals surface area contributed by atoms with Gasteiger partial charge in [-0.3, -0.25) is 0 Å². The van der Waals surface area contributed by atoms with Crippen molar-refractivity contribution in [1.82, 2.24) is 9.97 Å². The SMILES string of the molecule is CCCNc1nc(C)cc(Nc2ccc(SC)cc2)n1. The number of thioether (sulfide) groups is 1. The van der Waals surface area contributed by atoms with Crippen LogP contribution >= 0.6 is 11.8 Å². The lowest BCUT2D eigenvalue weighted by atomic mass is 10.3. The summed E-state index contributed by atoms with van der Waals surface area (Å²) in [4.78, 5) is 10.1. The summed E-state index contributed by atoms with van der Waals surface area (Å²) in [5.41, 5.74) is 1.98. The number of nitrogens with one attached hydrogen (secondary N) is 2. The van der Waals surface area contributed by atoms with E-state index in [-0.39, 0.29) is 0 Å². The molecule has 20 heavy (non-hydrogen) atoms. The van der Waals surface area contributed by atoms with E-state index in [4.69, 9.17) is 0 Å². The van der Waals surface area contributed by atoms with Crippen LogP contribution in [-0.2, 0) is 0 Å². The summed E-state index contributed by atoms with van der Waals surface area (Å²) in [5, 5.41) is 6.53. The van der Waals surface area contributed by atoms with Gasteiger partial charge in [0.15, 0.2) is 0 Å². The van der Waals surface area contributed by atoms with E-state index in [9.17, 15) is 0 Å². The molecule has 5 heteroatoms. The van der Waals surface area contributed by atoms with Crippen molar-refractivity contribution in [3.05, 3.63) is 36.0 Å². The summed E-state index contributed by atoms with van der Waals surface area (Å²) in [6.45, 7) is 4.97. The maximum absolute atomic E-state index is 4.47. The van der Waals surface area contributed by atoms with E-state index in [0.717, 1.165) is 30.2 Å². The van der Waals surface area contributed by atoms with Gasteiger partial charge >= 0.3 is 0 Å². The number of aryl methyl sites for hydroxylation is 1. The fourth-order valence-corrected chi connectivity index (χ4v) is 2.18. The van der Waals surface area contributed by atoms with Crippen molar-refractivity contribution in [2.45, 2.75) is 25.2 Å². The molecule has 0 radical (unpaired) electrons. The zero-order chi connectivity index (χ0) is 14.4. The van der Waals surface area contributed by atoms with E-state index in [2.05, 4.69) is 58.0 Å². The van der Waals surface area contributed by atoms with Crippen molar-refractivity contribution >= 4 is 29.2 Å². The Morgan fingerprint density at radius 1 is 1.15 bits per heavy atom. The normalized spacial score (nSPS) is 10.3. The van der Waals surface area contributed by atoms with Crippen molar-refractivity contribution in [1.29, 1.82) is 0 Å². The molecule has 1 aromatic carbocycles. The van der Waals surface area contributed by atoms with Crippen LogP contribution in [0.25, 0.3) is 0 Å². The first-order chi connectivity index (χ1) is 9.71. The third-order valence-corrected chi connectivity index (χ3v) is 3.49. The molecule has 0 saturated carbocycles. The summed E-state index contributed by atoms with van der Waals surface area (Å²) in [6.07, 6.45) is 3.12. The third kappa shape index (κ3) is 4.13. The van der Waals surface area contributed by atoms with Crippen LogP contribution in [0.1, 0.15) is 19.0 Å². The fraction of sp³-hybridized carbons (Fsp3) is 0.333. The van der Waals surface area contributed by atoms with Crippen LogP contribution in [0.15, 0.2) is 35.2 Å². The maximum atomic E-state index is 4.47. The average Bonchev–Trinajstić information content (AvgIpc) is 2.45. The number of hydrogen-bond donors (Lipinski definition) is 2. The van der Waals surface area contributed by atoms with E-state index < -0.39 is 0 Å². The first-order valence-corrected chi connectivity index (χ1v) is 7.94. The van der Waals surface area contributed by atoms with Crippen LogP contribution in [0.2, 0.25) is 0 Å². The van der Waals surface area contributed by atoms with E-state index in [0.29, 0.717) is 5.95 Å². The summed E-state index contributed by atoms with van der Waals surface area (Å²) < 4.78 is 0. The van der Waals surface area contributed by atoms with Crippen LogP contribution in [0.3, 0.4) is 0 Å². The maximum Gasteiger partial charge on any atom is 0.224 e. The quantitative estimate of drug-likeness (QED) is 0.785. The second kappa shape index (κ2) is 7.14. The Hall–Kier alpha value is -1.75. The average molecular weight is 288 g/mol. The van der Waals surface area contributed by atoms with Crippen LogP contribution < -0.4 is 10.6 Å². The Morgan fingerprint density at radius 2 is 1.90 bits per heavy atom. The molecule has 0 spiro atoms. The Balaban J connectivity index is 2.12. The molecule has 2 aromatic rings. The number of anilines is 3. The van der Waals surface area contributed by atoms with E-state index >= 15 is 0 Å². The predicted octanol–water partition coefficient (Wildman–Crippen LogP) is 4.07. The molecule has 1 aromatic heterocycles. The van der Waals surface area contributed by atoms with E-state index in [1.165, 1.54) is 4.90 Å². The predicted molar refractivity (Wildman–Crippen MR) is 87.1 cm³/mol. The molecule has 0 aliphatic heterocycles. The molecule has 0 aliphatic rings. The molecule has 0 bridgehead atoms. The van der Waals surface area contributed by atoms with Crippen molar-refractivity contribution in [3.8, 4) is 0 Å². The monoisotopic (exact) mass is 288 g/mol. The first-order valence-electron chi connectivity index (χ1n) is 6.72. The minimum atomic E-state index is 0.676. The van der Waals surface area contributed by atoms with Gasteiger partial charge < -0.3 is 10.6 Å². The zero-order valence-electron chi connectivity index (χ0n) is 12.1. The second-order valence-electron chi connectivity index (χ2n) is 4.50. The summed E-state index contributed by atoms with van der Waals surface area (Å²) >= 11 is 1.73. The third-order valence-electron chi connectivity index (χ3n) is 2.75. The summed E-state index contributed by atoms with van der Waals surface area (Å²) in [7, 11) is 0. The highest BCUT2D eigenvalue weighted by Crippen LogP contribution is 2.20. The van der Waals surface area contributed by atoms with Gasteiger partial charge in [0.05, 0.1) is 0 Å². The van der Waals surface area contributed by atoms with Gasteiger partial charge in [-0.1, -0.05) is 6.92 Å². The molecule has 4 nitrogen and oxygen atoms in total. The largest absolute Gasteiger partial charge is 0.354 e. The van der Waals surface area contributed by atoms with Crippen molar-refractivity contribution in [2.24, 2.45) is 0 Å². The molecular formula is C15H20N4S. The lowest BCUT2D eigenvalue weighted by Gasteiger charge is -2.09. The molecule has 2 N–H and O–H groups in total. The molecule has 1 heterocycles. The van der Waals surface area contributed by atoms with Gasteiger partial charge in [-0.25, -0.2) is 4.98 Å². The summed E-state index contributed by atoms with van der Waals surface area (Å²) in [6, 6.07) is 10.2. The molecule has 106 valence electrons. The second-order valence-corrected chi connectivity index (χ2v) is 5.38. The minimum Gasteiger partial charge on any atom is -0.354 e. The molecule has 0 aliphatic carbocycles. The molecular weight excluding hydrogens is 268 g/mol. The lowest BCUT2D eigenvalue weighted by molar-refractivity contribution is 0.947. The Morgan fingerprint density at radius 3 is 2.55 bits per heavy atom. The van der Waals surface area contributed by atoms with Crippen LogP contribution in [0, 0.1) is 6.92 Å². The Labute approximate surface area is 124 Å². The first kappa shape index (κ1) is 14.7. The molecule has 0 fully saturated rings. The highest BCUT2D eigenvalue weighted by atomic mass is 32.2. The van der Waals surface area contributed by atoms with E-state index in [1.807, 2.05) is 13.0 Å². The lowest BCUT2D eigenvalue weighted by Crippen LogP contribution is -2.06. The Kier molecular flexibility index (Phi) is 5.24. The zero-order valence-corrected chi connectivity index (χ0v) is 12.9. The molecule has 2 rings (SSSR count). The van der Waals surface area contributed by atoms with Gasteiger partial charge in [-0.05, 0) is 43.9 Å². The molecule has 0 atom stereocenters. The van der Waals surface area contributed by atoms with Crippen molar-refractivity contribution in [3.63, 3.8) is 0 Å². The van der Waals surface area contributed by atoms with Crippen LogP contribution in [-0.4, -0.2) is 22.8 Å². The number of benzene rings is 1. The number of nitrogens with zero attached hydrogens (tertiary/aromatic N) is 2. The fourth-order valence-electron chi connectivity index (χ4n) is 1.77.